The molecule has 0 bridgehead atoms. The molecular formula is C17H19N3O2S. The predicted octanol–water partition coefficient (Wildman–Crippen LogP) is 3.00. The number of anilines is 1. The third-order valence-electron chi connectivity index (χ3n) is 3.73. The number of amides is 2. The van der Waals surface area contributed by atoms with Gasteiger partial charge in [0.1, 0.15) is 6.54 Å². The Balaban J connectivity index is 1.68. The zero-order valence-corrected chi connectivity index (χ0v) is 14.0. The van der Waals surface area contributed by atoms with Gasteiger partial charge in [-0.3, -0.25) is 9.59 Å². The molecule has 1 saturated carbocycles. The van der Waals surface area contributed by atoms with Crippen LogP contribution in [0.1, 0.15) is 33.6 Å². The molecule has 1 aromatic carbocycles. The summed E-state index contributed by atoms with van der Waals surface area (Å²) in [6, 6.07) is 7.63. The van der Waals surface area contributed by atoms with Gasteiger partial charge in [-0.15, -0.1) is 11.3 Å². The van der Waals surface area contributed by atoms with E-state index in [0.29, 0.717) is 10.7 Å². The Labute approximate surface area is 139 Å². The van der Waals surface area contributed by atoms with Gasteiger partial charge < -0.3 is 10.2 Å². The molecule has 0 radical (unpaired) electrons. The summed E-state index contributed by atoms with van der Waals surface area (Å²) in [6.45, 7) is 3.98. The minimum atomic E-state index is -0.202. The van der Waals surface area contributed by atoms with Crippen LogP contribution < -0.4 is 5.32 Å². The van der Waals surface area contributed by atoms with Crippen LogP contribution in [0.15, 0.2) is 30.5 Å². The highest BCUT2D eigenvalue weighted by Gasteiger charge is 2.34. The van der Waals surface area contributed by atoms with E-state index in [4.69, 9.17) is 0 Å². The lowest BCUT2D eigenvalue weighted by atomic mass is 10.1. The van der Waals surface area contributed by atoms with E-state index in [9.17, 15) is 9.59 Å². The number of thiazole rings is 1. The number of benzene rings is 1. The van der Waals surface area contributed by atoms with Crippen LogP contribution in [0.5, 0.6) is 0 Å². The van der Waals surface area contributed by atoms with Crippen LogP contribution in [-0.4, -0.2) is 34.3 Å². The molecule has 23 heavy (non-hydrogen) atoms. The summed E-state index contributed by atoms with van der Waals surface area (Å²) in [5.41, 5.74) is 1.73. The van der Waals surface area contributed by atoms with Crippen molar-refractivity contribution in [3.63, 3.8) is 0 Å². The average molecular weight is 329 g/mol. The van der Waals surface area contributed by atoms with Crippen molar-refractivity contribution in [3.05, 3.63) is 46.5 Å². The zero-order chi connectivity index (χ0) is 16.4. The molecule has 1 N–H and O–H groups in total. The summed E-state index contributed by atoms with van der Waals surface area (Å²) in [5, 5.41) is 3.34. The lowest BCUT2D eigenvalue weighted by molar-refractivity contribution is -0.117. The lowest BCUT2D eigenvalue weighted by Gasteiger charge is -2.21. The number of rotatable bonds is 5. The number of hydrogen-bond acceptors (Lipinski definition) is 4. The van der Waals surface area contributed by atoms with E-state index in [1.807, 2.05) is 38.1 Å². The Bertz CT molecular complexity index is 720. The first-order valence-electron chi connectivity index (χ1n) is 7.63. The van der Waals surface area contributed by atoms with Crippen molar-refractivity contribution in [1.29, 1.82) is 0 Å². The highest BCUT2D eigenvalue weighted by Crippen LogP contribution is 2.28. The molecule has 0 saturated heterocycles. The van der Waals surface area contributed by atoms with Crippen LogP contribution in [0.4, 0.5) is 5.13 Å². The summed E-state index contributed by atoms with van der Waals surface area (Å²) in [4.78, 5) is 31.7. The molecule has 0 unspecified atom stereocenters. The summed E-state index contributed by atoms with van der Waals surface area (Å²) in [5.74, 6) is -0.287. The first-order chi connectivity index (χ1) is 11.0. The van der Waals surface area contributed by atoms with Gasteiger partial charge in [0, 0.05) is 22.7 Å². The number of carbonyl (C=O) groups excluding carboxylic acids is 2. The number of aryl methyl sites for hydroxylation is 2. The molecule has 120 valence electrons. The standard InChI is InChI=1S/C17H19N3O2S/c1-11-3-5-13(6-4-11)16(22)20(14-7-8-14)10-15(21)19-17-18-9-12(2)23-17/h3-6,9,14H,7-8,10H2,1-2H3,(H,18,19,21). The lowest BCUT2D eigenvalue weighted by Crippen LogP contribution is -2.39. The summed E-state index contributed by atoms with van der Waals surface area (Å²) in [6.07, 6.45) is 3.64. The van der Waals surface area contributed by atoms with Crippen molar-refractivity contribution >= 4 is 28.3 Å². The van der Waals surface area contributed by atoms with E-state index in [1.54, 1.807) is 11.1 Å². The Morgan fingerprint density at radius 2 is 1.96 bits per heavy atom. The molecule has 0 aliphatic heterocycles. The van der Waals surface area contributed by atoms with Gasteiger partial charge in [0.25, 0.3) is 5.91 Å². The first kappa shape index (κ1) is 15.7. The molecule has 0 atom stereocenters. The molecule has 1 heterocycles. The highest BCUT2D eigenvalue weighted by molar-refractivity contribution is 7.15. The van der Waals surface area contributed by atoms with Gasteiger partial charge in [-0.25, -0.2) is 4.98 Å². The number of hydrogen-bond donors (Lipinski definition) is 1. The molecule has 5 nitrogen and oxygen atoms in total. The van der Waals surface area contributed by atoms with E-state index < -0.39 is 0 Å². The fourth-order valence-corrected chi connectivity index (χ4v) is 3.02. The van der Waals surface area contributed by atoms with E-state index >= 15 is 0 Å². The summed E-state index contributed by atoms with van der Waals surface area (Å²) < 4.78 is 0. The van der Waals surface area contributed by atoms with Crippen LogP contribution in [-0.2, 0) is 4.79 Å². The van der Waals surface area contributed by atoms with Crippen LogP contribution in [0.2, 0.25) is 0 Å². The van der Waals surface area contributed by atoms with Gasteiger partial charge in [-0.2, -0.15) is 0 Å². The number of nitrogens with zero attached hydrogens (tertiary/aromatic N) is 2. The molecule has 0 spiro atoms. The second kappa shape index (κ2) is 6.50. The maximum atomic E-state index is 12.7. The maximum absolute atomic E-state index is 12.7. The third-order valence-corrected chi connectivity index (χ3v) is 4.56. The van der Waals surface area contributed by atoms with Gasteiger partial charge in [-0.1, -0.05) is 17.7 Å². The Hall–Kier alpha value is -2.21. The third kappa shape index (κ3) is 3.96. The van der Waals surface area contributed by atoms with Crippen molar-refractivity contribution in [3.8, 4) is 0 Å². The maximum Gasteiger partial charge on any atom is 0.254 e. The fourth-order valence-electron chi connectivity index (χ4n) is 2.34. The van der Waals surface area contributed by atoms with E-state index in [-0.39, 0.29) is 24.4 Å². The Kier molecular flexibility index (Phi) is 4.43. The van der Waals surface area contributed by atoms with E-state index in [0.717, 1.165) is 23.3 Å². The SMILES string of the molecule is Cc1ccc(C(=O)N(CC(=O)Nc2ncc(C)s2)C2CC2)cc1. The van der Waals surface area contributed by atoms with Crippen molar-refractivity contribution in [1.82, 2.24) is 9.88 Å². The molecule has 3 rings (SSSR count). The molecule has 1 aliphatic carbocycles. The average Bonchev–Trinajstić information content (AvgIpc) is 3.28. The van der Waals surface area contributed by atoms with Gasteiger partial charge in [0.15, 0.2) is 5.13 Å². The van der Waals surface area contributed by atoms with Crippen molar-refractivity contribution in [2.24, 2.45) is 0 Å². The van der Waals surface area contributed by atoms with Crippen LogP contribution >= 0.6 is 11.3 Å². The second-order valence-electron chi connectivity index (χ2n) is 5.85. The van der Waals surface area contributed by atoms with Crippen LogP contribution in [0, 0.1) is 13.8 Å². The highest BCUT2D eigenvalue weighted by atomic mass is 32.1. The minimum Gasteiger partial charge on any atom is -0.326 e. The van der Waals surface area contributed by atoms with Crippen molar-refractivity contribution in [2.45, 2.75) is 32.7 Å². The van der Waals surface area contributed by atoms with Crippen LogP contribution in [0.3, 0.4) is 0 Å². The van der Waals surface area contributed by atoms with Crippen LogP contribution in [0.25, 0.3) is 0 Å². The number of carbonyl (C=O) groups is 2. The minimum absolute atomic E-state index is 0.0655. The topological polar surface area (TPSA) is 62.3 Å². The molecule has 6 heteroatoms. The van der Waals surface area contributed by atoms with E-state index in [1.165, 1.54) is 11.3 Å². The molecule has 2 aromatic rings. The van der Waals surface area contributed by atoms with Crippen molar-refractivity contribution < 1.29 is 9.59 Å². The summed E-state index contributed by atoms with van der Waals surface area (Å²) >= 11 is 1.43. The molecule has 1 aliphatic rings. The van der Waals surface area contributed by atoms with Gasteiger partial charge in [-0.05, 0) is 38.8 Å². The number of aromatic nitrogens is 1. The molecule has 1 fully saturated rings. The smallest absolute Gasteiger partial charge is 0.254 e. The fraction of sp³-hybridized carbons (Fsp3) is 0.353. The zero-order valence-electron chi connectivity index (χ0n) is 13.2. The molecule has 1 aromatic heterocycles. The molecule has 2 amide bonds. The first-order valence-corrected chi connectivity index (χ1v) is 8.44. The number of nitrogens with one attached hydrogen (secondary N) is 1. The monoisotopic (exact) mass is 329 g/mol. The predicted molar refractivity (Wildman–Crippen MR) is 90.7 cm³/mol. The van der Waals surface area contributed by atoms with Crippen molar-refractivity contribution in [2.75, 3.05) is 11.9 Å². The quantitative estimate of drug-likeness (QED) is 0.917. The Morgan fingerprint density at radius 1 is 1.26 bits per heavy atom. The Morgan fingerprint density at radius 3 is 2.52 bits per heavy atom. The van der Waals surface area contributed by atoms with Gasteiger partial charge in [0.2, 0.25) is 5.91 Å². The second-order valence-corrected chi connectivity index (χ2v) is 7.09. The molecular weight excluding hydrogens is 310 g/mol. The van der Waals surface area contributed by atoms with Gasteiger partial charge in [0.05, 0.1) is 0 Å². The largest absolute Gasteiger partial charge is 0.326 e. The summed E-state index contributed by atoms with van der Waals surface area (Å²) in [7, 11) is 0. The van der Waals surface area contributed by atoms with E-state index in [2.05, 4.69) is 10.3 Å². The normalized spacial score (nSPS) is 13.7. The van der Waals surface area contributed by atoms with Gasteiger partial charge >= 0.3 is 0 Å².